The van der Waals surface area contributed by atoms with Gasteiger partial charge in [-0.1, -0.05) is 0 Å². The number of nitrogens with one attached hydrogen (secondary N) is 1. The van der Waals surface area contributed by atoms with Gasteiger partial charge in [0.25, 0.3) is 0 Å². The van der Waals surface area contributed by atoms with Crippen LogP contribution in [-0.4, -0.2) is 12.2 Å². The standard InChI is InChI=1S/C4H10N2O2.C4H4O/c1-3(2)8-4(7)6-5;1-2-4-5-3-1/h3H,5H2,1-2H3,(H,6,7);1-4H. The summed E-state index contributed by atoms with van der Waals surface area (Å²) in [6, 6.07) is 3.67. The molecule has 0 unspecified atom stereocenters. The van der Waals surface area contributed by atoms with Crippen LogP contribution < -0.4 is 11.3 Å². The molecular weight excluding hydrogens is 172 g/mol. The monoisotopic (exact) mass is 186 g/mol. The summed E-state index contributed by atoms with van der Waals surface area (Å²) in [6.07, 6.45) is 2.54. The largest absolute Gasteiger partial charge is 0.473 e. The lowest BCUT2D eigenvalue weighted by Gasteiger charge is -2.04. The lowest BCUT2D eigenvalue weighted by molar-refractivity contribution is 0.116. The van der Waals surface area contributed by atoms with Crippen LogP contribution >= 0.6 is 0 Å². The maximum absolute atomic E-state index is 10.2. The van der Waals surface area contributed by atoms with Gasteiger partial charge in [0.1, 0.15) is 0 Å². The zero-order valence-electron chi connectivity index (χ0n) is 7.69. The van der Waals surface area contributed by atoms with E-state index in [1.807, 2.05) is 17.6 Å². The van der Waals surface area contributed by atoms with Gasteiger partial charge in [-0.3, -0.25) is 5.43 Å². The number of rotatable bonds is 1. The molecule has 1 amide bonds. The lowest BCUT2D eigenvalue weighted by atomic mass is 10.5. The molecule has 0 fully saturated rings. The van der Waals surface area contributed by atoms with Gasteiger partial charge < -0.3 is 9.15 Å². The summed E-state index contributed by atoms with van der Waals surface area (Å²) in [5.41, 5.74) is 1.84. The Kier molecular flexibility index (Phi) is 6.35. The molecule has 0 radical (unpaired) electrons. The van der Waals surface area contributed by atoms with E-state index in [2.05, 4.69) is 9.15 Å². The Balaban J connectivity index is 0.000000243. The van der Waals surface area contributed by atoms with Crippen molar-refractivity contribution >= 4 is 6.09 Å². The number of carbonyl (C=O) groups is 1. The summed E-state index contributed by atoms with van der Waals surface area (Å²) >= 11 is 0. The Morgan fingerprint density at radius 3 is 2.15 bits per heavy atom. The zero-order chi connectivity index (χ0) is 10.1. The average molecular weight is 186 g/mol. The predicted octanol–water partition coefficient (Wildman–Crippen LogP) is 1.27. The maximum Gasteiger partial charge on any atom is 0.421 e. The molecule has 5 nitrogen and oxygen atoms in total. The van der Waals surface area contributed by atoms with E-state index in [1.54, 1.807) is 26.4 Å². The first-order chi connectivity index (χ1) is 6.16. The molecule has 1 rings (SSSR count). The molecule has 74 valence electrons. The molecule has 0 atom stereocenters. The number of hydrazine groups is 1. The second-order valence-corrected chi connectivity index (χ2v) is 2.39. The highest BCUT2D eigenvalue weighted by atomic mass is 16.6. The van der Waals surface area contributed by atoms with Crippen LogP contribution in [0.3, 0.4) is 0 Å². The summed E-state index contributed by atoms with van der Waals surface area (Å²) < 4.78 is 9.11. The minimum Gasteiger partial charge on any atom is -0.473 e. The average Bonchev–Trinajstić information content (AvgIpc) is 2.59. The third-order valence-corrected chi connectivity index (χ3v) is 0.886. The lowest BCUT2D eigenvalue weighted by Crippen LogP contribution is -2.32. The third kappa shape index (κ3) is 8.42. The summed E-state index contributed by atoms with van der Waals surface area (Å²) in [4.78, 5) is 10.2. The van der Waals surface area contributed by atoms with Gasteiger partial charge in [0.2, 0.25) is 0 Å². The second-order valence-electron chi connectivity index (χ2n) is 2.39. The minimum absolute atomic E-state index is 0.112. The normalized spacial score (nSPS) is 8.62. The van der Waals surface area contributed by atoms with Crippen LogP contribution in [0.25, 0.3) is 0 Å². The van der Waals surface area contributed by atoms with E-state index in [4.69, 9.17) is 5.84 Å². The predicted molar refractivity (Wildman–Crippen MR) is 47.6 cm³/mol. The van der Waals surface area contributed by atoms with Crippen LogP contribution in [0.2, 0.25) is 0 Å². The summed E-state index contributed by atoms with van der Waals surface area (Å²) in [5, 5.41) is 0. The van der Waals surface area contributed by atoms with Crippen molar-refractivity contribution < 1.29 is 13.9 Å². The highest BCUT2D eigenvalue weighted by Gasteiger charge is 1.98. The molecule has 0 aromatic carbocycles. The molecule has 1 aromatic rings. The van der Waals surface area contributed by atoms with E-state index < -0.39 is 6.09 Å². The summed E-state index contributed by atoms with van der Waals surface area (Å²) in [5.74, 6) is 4.70. The molecule has 0 aliphatic carbocycles. The second kappa shape index (κ2) is 7.17. The summed E-state index contributed by atoms with van der Waals surface area (Å²) in [6.45, 7) is 3.49. The van der Waals surface area contributed by atoms with Crippen molar-refractivity contribution in [1.29, 1.82) is 0 Å². The molecule has 0 aliphatic rings. The molecule has 0 spiro atoms. The molecule has 0 saturated heterocycles. The van der Waals surface area contributed by atoms with Crippen LogP contribution in [0.5, 0.6) is 0 Å². The Morgan fingerprint density at radius 2 is 2.00 bits per heavy atom. The van der Waals surface area contributed by atoms with Crippen molar-refractivity contribution in [1.82, 2.24) is 5.43 Å². The van der Waals surface area contributed by atoms with E-state index in [0.717, 1.165) is 0 Å². The quantitative estimate of drug-likeness (QED) is 0.393. The molecule has 0 saturated carbocycles. The SMILES string of the molecule is CC(C)OC(=O)NN.c1ccoc1. The van der Waals surface area contributed by atoms with Crippen LogP contribution in [0.15, 0.2) is 29.1 Å². The van der Waals surface area contributed by atoms with E-state index >= 15 is 0 Å². The smallest absolute Gasteiger partial charge is 0.421 e. The molecule has 3 N–H and O–H groups in total. The van der Waals surface area contributed by atoms with Crippen LogP contribution in [0.1, 0.15) is 13.8 Å². The molecule has 0 aliphatic heterocycles. The van der Waals surface area contributed by atoms with Gasteiger partial charge in [-0.2, -0.15) is 0 Å². The van der Waals surface area contributed by atoms with Crippen LogP contribution in [-0.2, 0) is 4.74 Å². The topological polar surface area (TPSA) is 77.5 Å². The van der Waals surface area contributed by atoms with E-state index in [-0.39, 0.29) is 6.10 Å². The van der Waals surface area contributed by atoms with Gasteiger partial charge in [0.05, 0.1) is 18.6 Å². The maximum atomic E-state index is 10.2. The van der Waals surface area contributed by atoms with Crippen molar-refractivity contribution in [3.8, 4) is 0 Å². The zero-order valence-corrected chi connectivity index (χ0v) is 7.69. The van der Waals surface area contributed by atoms with Gasteiger partial charge in [0.15, 0.2) is 0 Å². The van der Waals surface area contributed by atoms with Crippen molar-refractivity contribution in [3.05, 3.63) is 24.7 Å². The first kappa shape index (κ1) is 11.5. The van der Waals surface area contributed by atoms with Crippen molar-refractivity contribution in [2.24, 2.45) is 5.84 Å². The fourth-order valence-corrected chi connectivity index (χ4v) is 0.475. The van der Waals surface area contributed by atoms with Crippen LogP contribution in [0.4, 0.5) is 4.79 Å². The van der Waals surface area contributed by atoms with Crippen molar-refractivity contribution in [2.45, 2.75) is 20.0 Å². The van der Waals surface area contributed by atoms with Crippen molar-refractivity contribution in [2.75, 3.05) is 0 Å². The molecule has 5 heteroatoms. The number of ether oxygens (including phenoxy) is 1. The molecule has 1 heterocycles. The van der Waals surface area contributed by atoms with E-state index in [0.29, 0.717) is 0 Å². The van der Waals surface area contributed by atoms with Gasteiger partial charge >= 0.3 is 6.09 Å². The molecule has 13 heavy (non-hydrogen) atoms. The number of hydrogen-bond donors (Lipinski definition) is 2. The first-order valence-electron chi connectivity index (χ1n) is 3.81. The van der Waals surface area contributed by atoms with Crippen LogP contribution in [0, 0.1) is 0 Å². The molecule has 0 bridgehead atoms. The third-order valence-electron chi connectivity index (χ3n) is 0.886. The van der Waals surface area contributed by atoms with Gasteiger partial charge in [0, 0.05) is 0 Å². The molecular formula is C8H14N2O3. The Labute approximate surface area is 76.8 Å². The number of amides is 1. The van der Waals surface area contributed by atoms with Crippen molar-refractivity contribution in [3.63, 3.8) is 0 Å². The van der Waals surface area contributed by atoms with Gasteiger partial charge in [-0.15, -0.1) is 0 Å². The Morgan fingerprint density at radius 1 is 1.46 bits per heavy atom. The fraction of sp³-hybridized carbons (Fsp3) is 0.375. The Hall–Kier alpha value is -1.49. The molecule has 1 aromatic heterocycles. The highest BCUT2D eigenvalue weighted by molar-refractivity contribution is 5.66. The van der Waals surface area contributed by atoms with Gasteiger partial charge in [-0.05, 0) is 26.0 Å². The number of furan rings is 1. The Bertz CT molecular complexity index is 192. The van der Waals surface area contributed by atoms with E-state index in [9.17, 15) is 4.79 Å². The van der Waals surface area contributed by atoms with Gasteiger partial charge in [-0.25, -0.2) is 10.6 Å². The highest BCUT2D eigenvalue weighted by Crippen LogP contribution is 1.85. The van der Waals surface area contributed by atoms with E-state index in [1.165, 1.54) is 0 Å². The number of hydrogen-bond acceptors (Lipinski definition) is 4. The summed E-state index contributed by atoms with van der Waals surface area (Å²) in [7, 11) is 0. The minimum atomic E-state index is -0.597. The number of nitrogens with two attached hydrogens (primary N) is 1. The fourth-order valence-electron chi connectivity index (χ4n) is 0.475. The number of carbonyl (C=O) groups excluding carboxylic acids is 1. The first-order valence-corrected chi connectivity index (χ1v) is 3.81.